The fourth-order valence-electron chi connectivity index (χ4n) is 4.19. The van der Waals surface area contributed by atoms with Crippen LogP contribution in [0.25, 0.3) is 0 Å². The number of carbonyl (C=O) groups excluding carboxylic acids is 2. The molecule has 1 fully saturated rings. The first kappa shape index (κ1) is 24.8. The van der Waals surface area contributed by atoms with Gasteiger partial charge in [0.15, 0.2) is 0 Å². The molecule has 188 valence electrons. The van der Waals surface area contributed by atoms with Crippen molar-refractivity contribution in [3.8, 4) is 5.75 Å². The molecule has 3 N–H and O–H groups in total. The summed E-state index contributed by atoms with van der Waals surface area (Å²) in [6.45, 7) is 8.48. The fourth-order valence-corrected chi connectivity index (χ4v) is 4.19. The van der Waals surface area contributed by atoms with Gasteiger partial charge in [0, 0.05) is 31.9 Å². The van der Waals surface area contributed by atoms with E-state index in [9.17, 15) is 9.59 Å². The number of methoxy groups -OCH3 is 1. The van der Waals surface area contributed by atoms with Crippen molar-refractivity contribution in [2.24, 2.45) is 0 Å². The molecule has 36 heavy (non-hydrogen) atoms. The molecule has 0 unspecified atom stereocenters. The number of benzene rings is 2. The molecule has 0 aliphatic carbocycles. The van der Waals surface area contributed by atoms with Gasteiger partial charge in [-0.05, 0) is 61.7 Å². The van der Waals surface area contributed by atoms with E-state index >= 15 is 0 Å². The molecule has 3 aromatic rings. The number of anilines is 4. The summed E-state index contributed by atoms with van der Waals surface area (Å²) in [4.78, 5) is 33.7. The number of rotatable bonds is 5. The maximum atomic E-state index is 12.8. The van der Waals surface area contributed by atoms with Crippen LogP contribution in [0.2, 0.25) is 0 Å². The molecule has 1 aliphatic heterocycles. The predicted octanol–water partition coefficient (Wildman–Crippen LogP) is 5.01. The quantitative estimate of drug-likeness (QED) is 0.469. The second-order valence-electron chi connectivity index (χ2n) is 8.86. The molecule has 1 aliphatic rings. The Labute approximate surface area is 211 Å². The molecule has 0 atom stereocenters. The van der Waals surface area contributed by atoms with Gasteiger partial charge in [-0.25, -0.2) is 14.6 Å². The van der Waals surface area contributed by atoms with Crippen LogP contribution in [0.5, 0.6) is 5.75 Å². The van der Waals surface area contributed by atoms with Crippen LogP contribution in [0.15, 0.2) is 54.7 Å². The summed E-state index contributed by atoms with van der Waals surface area (Å²) < 4.78 is 5.31. The predicted molar refractivity (Wildman–Crippen MR) is 143 cm³/mol. The highest BCUT2D eigenvalue weighted by Crippen LogP contribution is 2.26. The number of hydrogen-bond donors (Lipinski definition) is 3. The van der Waals surface area contributed by atoms with E-state index in [-0.39, 0.29) is 12.1 Å². The van der Waals surface area contributed by atoms with Gasteiger partial charge in [0.05, 0.1) is 24.7 Å². The van der Waals surface area contributed by atoms with E-state index in [4.69, 9.17) is 4.74 Å². The number of aryl methyl sites for hydroxylation is 3. The van der Waals surface area contributed by atoms with E-state index in [0.717, 1.165) is 28.2 Å². The molecule has 2 heterocycles. The summed E-state index contributed by atoms with van der Waals surface area (Å²) in [6.07, 6.45) is 1.63. The van der Waals surface area contributed by atoms with Gasteiger partial charge in [0.25, 0.3) is 0 Å². The van der Waals surface area contributed by atoms with Crippen LogP contribution in [-0.4, -0.2) is 55.2 Å². The Morgan fingerprint density at radius 2 is 1.61 bits per heavy atom. The fraction of sp³-hybridized carbons (Fsp3) is 0.296. The number of pyridine rings is 1. The van der Waals surface area contributed by atoms with Crippen molar-refractivity contribution in [1.82, 2.24) is 9.88 Å². The third-order valence-electron chi connectivity index (χ3n) is 6.21. The Morgan fingerprint density at radius 3 is 2.25 bits per heavy atom. The zero-order chi connectivity index (χ0) is 25.7. The van der Waals surface area contributed by atoms with Crippen molar-refractivity contribution < 1.29 is 14.3 Å². The molecule has 9 nitrogen and oxygen atoms in total. The monoisotopic (exact) mass is 488 g/mol. The molecule has 1 saturated heterocycles. The summed E-state index contributed by atoms with van der Waals surface area (Å²) in [5.74, 6) is 1.39. The molecule has 1 aromatic heterocycles. The standard InChI is InChI=1S/C27H32N6O3/c1-18-8-10-23(36-4)22(16-18)30-26(34)29-21-9-11-24(28-17-21)32-12-14-33(15-13-32)27(35)31-25-19(2)6-5-7-20(25)3/h5-11,16-17H,12-15H2,1-4H3,(H,31,35)(H2,29,30,34). The summed E-state index contributed by atoms with van der Waals surface area (Å²) >= 11 is 0. The number of urea groups is 2. The Morgan fingerprint density at radius 1 is 0.889 bits per heavy atom. The number of amides is 4. The number of ether oxygens (including phenoxy) is 1. The van der Waals surface area contributed by atoms with Gasteiger partial charge < -0.3 is 30.5 Å². The first-order valence-corrected chi connectivity index (χ1v) is 11.9. The number of hydrogen-bond acceptors (Lipinski definition) is 5. The first-order chi connectivity index (χ1) is 17.3. The minimum Gasteiger partial charge on any atom is -0.495 e. The van der Waals surface area contributed by atoms with Crippen molar-refractivity contribution in [3.63, 3.8) is 0 Å². The first-order valence-electron chi connectivity index (χ1n) is 11.9. The lowest BCUT2D eigenvalue weighted by atomic mass is 10.1. The number of nitrogens with zero attached hydrogens (tertiary/aromatic N) is 3. The van der Waals surface area contributed by atoms with E-state index in [1.54, 1.807) is 13.3 Å². The van der Waals surface area contributed by atoms with Crippen molar-refractivity contribution in [1.29, 1.82) is 0 Å². The highest BCUT2D eigenvalue weighted by molar-refractivity contribution is 6.00. The lowest BCUT2D eigenvalue weighted by molar-refractivity contribution is 0.208. The van der Waals surface area contributed by atoms with E-state index in [1.165, 1.54) is 0 Å². The molecule has 4 amide bonds. The minimum absolute atomic E-state index is 0.0872. The second-order valence-corrected chi connectivity index (χ2v) is 8.86. The average Bonchev–Trinajstić information content (AvgIpc) is 2.87. The van der Waals surface area contributed by atoms with Crippen LogP contribution < -0.4 is 25.6 Å². The highest BCUT2D eigenvalue weighted by atomic mass is 16.5. The summed E-state index contributed by atoms with van der Waals surface area (Å²) in [7, 11) is 1.56. The summed E-state index contributed by atoms with van der Waals surface area (Å²) in [5.41, 5.74) is 5.16. The van der Waals surface area contributed by atoms with Crippen molar-refractivity contribution >= 4 is 34.9 Å². The zero-order valence-electron chi connectivity index (χ0n) is 21.1. The summed E-state index contributed by atoms with van der Waals surface area (Å²) in [5, 5.41) is 8.66. The molecule has 4 rings (SSSR count). The van der Waals surface area contributed by atoms with Gasteiger partial charge in [-0.2, -0.15) is 0 Å². The van der Waals surface area contributed by atoms with Gasteiger partial charge in [-0.3, -0.25) is 0 Å². The lowest BCUT2D eigenvalue weighted by Crippen LogP contribution is -2.50. The van der Waals surface area contributed by atoms with Crippen molar-refractivity contribution in [2.75, 3.05) is 54.1 Å². The number of piperazine rings is 1. The van der Waals surface area contributed by atoms with E-state index < -0.39 is 0 Å². The van der Waals surface area contributed by atoms with E-state index in [1.807, 2.05) is 74.2 Å². The topological polar surface area (TPSA) is 98.8 Å². The molecule has 0 saturated carbocycles. The van der Waals surface area contributed by atoms with Crippen LogP contribution in [0.1, 0.15) is 16.7 Å². The molecule has 9 heteroatoms. The zero-order valence-corrected chi connectivity index (χ0v) is 21.1. The lowest BCUT2D eigenvalue weighted by Gasteiger charge is -2.35. The van der Waals surface area contributed by atoms with Gasteiger partial charge in [-0.15, -0.1) is 0 Å². The second kappa shape index (κ2) is 11.0. The summed E-state index contributed by atoms with van der Waals surface area (Å²) in [6, 6.07) is 14.8. The van der Waals surface area contributed by atoms with E-state index in [0.29, 0.717) is 43.3 Å². The van der Waals surface area contributed by atoms with Gasteiger partial charge >= 0.3 is 12.1 Å². The molecule has 0 radical (unpaired) electrons. The van der Waals surface area contributed by atoms with E-state index in [2.05, 4.69) is 25.8 Å². The Bertz CT molecular complexity index is 1220. The molecular weight excluding hydrogens is 456 g/mol. The Kier molecular flexibility index (Phi) is 7.58. The minimum atomic E-state index is -0.378. The number of aromatic nitrogens is 1. The van der Waals surface area contributed by atoms with Crippen molar-refractivity contribution in [2.45, 2.75) is 20.8 Å². The third-order valence-corrected chi connectivity index (χ3v) is 6.21. The van der Waals surface area contributed by atoms with Crippen LogP contribution in [0, 0.1) is 20.8 Å². The normalized spacial score (nSPS) is 13.2. The van der Waals surface area contributed by atoms with Gasteiger partial charge in [0.2, 0.25) is 0 Å². The number of para-hydroxylation sites is 1. The van der Waals surface area contributed by atoms with Gasteiger partial charge in [-0.1, -0.05) is 24.3 Å². The Hall–Kier alpha value is -4.27. The van der Waals surface area contributed by atoms with Crippen LogP contribution in [0.4, 0.5) is 32.5 Å². The molecular formula is C27H32N6O3. The SMILES string of the molecule is COc1ccc(C)cc1NC(=O)Nc1ccc(N2CCN(C(=O)Nc3c(C)cccc3C)CC2)nc1. The number of nitrogens with one attached hydrogen (secondary N) is 3. The maximum absolute atomic E-state index is 12.8. The highest BCUT2D eigenvalue weighted by Gasteiger charge is 2.22. The van der Waals surface area contributed by atoms with Crippen LogP contribution >= 0.6 is 0 Å². The molecule has 0 spiro atoms. The van der Waals surface area contributed by atoms with Crippen LogP contribution in [-0.2, 0) is 0 Å². The smallest absolute Gasteiger partial charge is 0.323 e. The Balaban J connectivity index is 1.29. The van der Waals surface area contributed by atoms with Gasteiger partial charge in [0.1, 0.15) is 11.6 Å². The number of carbonyl (C=O) groups is 2. The largest absolute Gasteiger partial charge is 0.495 e. The maximum Gasteiger partial charge on any atom is 0.323 e. The van der Waals surface area contributed by atoms with Crippen LogP contribution in [0.3, 0.4) is 0 Å². The van der Waals surface area contributed by atoms with Crippen molar-refractivity contribution in [3.05, 3.63) is 71.4 Å². The molecule has 2 aromatic carbocycles. The third kappa shape index (κ3) is 5.86. The molecule has 0 bridgehead atoms. The average molecular weight is 489 g/mol.